The summed E-state index contributed by atoms with van der Waals surface area (Å²) < 4.78 is 5.08. The molecule has 1 fully saturated rings. The van der Waals surface area contributed by atoms with Crippen molar-refractivity contribution < 1.29 is 14.6 Å². The van der Waals surface area contributed by atoms with E-state index in [2.05, 4.69) is 5.32 Å². The number of amides is 1. The minimum Gasteiger partial charge on any atom is -0.508 e. The van der Waals surface area contributed by atoms with Crippen molar-refractivity contribution in [2.24, 2.45) is 0 Å². The number of phenolic OH excluding ortho intramolecular Hbond substituents is 1. The molecule has 2 N–H and O–H groups in total. The zero-order chi connectivity index (χ0) is 14.4. The van der Waals surface area contributed by atoms with Crippen molar-refractivity contribution in [1.29, 1.82) is 0 Å². The van der Waals surface area contributed by atoms with E-state index >= 15 is 0 Å². The van der Waals surface area contributed by atoms with E-state index in [0.717, 1.165) is 19.4 Å². The van der Waals surface area contributed by atoms with Crippen LogP contribution in [-0.2, 0) is 4.74 Å². The number of benzene rings is 1. The van der Waals surface area contributed by atoms with E-state index in [-0.39, 0.29) is 11.7 Å². The molecule has 0 aromatic heterocycles. The van der Waals surface area contributed by atoms with Crippen molar-refractivity contribution >= 4 is 5.91 Å². The molecule has 1 aromatic rings. The van der Waals surface area contributed by atoms with Crippen LogP contribution in [-0.4, -0.2) is 55.3 Å². The largest absolute Gasteiger partial charge is 0.508 e. The Kier molecular flexibility index (Phi) is 5.38. The lowest BCUT2D eigenvalue weighted by Crippen LogP contribution is -2.42. The predicted molar refractivity (Wildman–Crippen MR) is 76.9 cm³/mol. The molecular formula is C15H22N2O3. The number of nitrogens with zero attached hydrogens (tertiary/aromatic N) is 1. The van der Waals surface area contributed by atoms with Gasteiger partial charge in [0.2, 0.25) is 0 Å². The quantitative estimate of drug-likeness (QED) is 0.821. The molecule has 110 valence electrons. The molecule has 1 aliphatic heterocycles. The van der Waals surface area contributed by atoms with Crippen LogP contribution in [0.1, 0.15) is 23.2 Å². The summed E-state index contributed by atoms with van der Waals surface area (Å²) in [5.41, 5.74) is 0.513. The van der Waals surface area contributed by atoms with Crippen LogP contribution in [0.5, 0.6) is 5.75 Å². The molecular weight excluding hydrogens is 256 g/mol. The van der Waals surface area contributed by atoms with Gasteiger partial charge in [0.15, 0.2) is 0 Å². The monoisotopic (exact) mass is 278 g/mol. The number of rotatable bonds is 6. The molecule has 5 heteroatoms. The first kappa shape index (κ1) is 14.8. The summed E-state index contributed by atoms with van der Waals surface area (Å²) in [5, 5.41) is 12.9. The SMILES string of the molecule is COCCN(CC1CCCN1)C(=O)c1cccc(O)c1. The van der Waals surface area contributed by atoms with E-state index < -0.39 is 0 Å². The van der Waals surface area contributed by atoms with Crippen LogP contribution in [0.25, 0.3) is 0 Å². The van der Waals surface area contributed by atoms with Gasteiger partial charge in [-0.05, 0) is 37.6 Å². The first-order chi connectivity index (χ1) is 9.70. The van der Waals surface area contributed by atoms with Crippen LogP contribution in [0.3, 0.4) is 0 Å². The number of carbonyl (C=O) groups excluding carboxylic acids is 1. The summed E-state index contributed by atoms with van der Waals surface area (Å²) in [7, 11) is 1.63. The van der Waals surface area contributed by atoms with Gasteiger partial charge in [0.05, 0.1) is 6.61 Å². The zero-order valence-corrected chi connectivity index (χ0v) is 11.8. The van der Waals surface area contributed by atoms with Gasteiger partial charge in [0.25, 0.3) is 5.91 Å². The van der Waals surface area contributed by atoms with E-state index in [0.29, 0.717) is 31.3 Å². The summed E-state index contributed by atoms with van der Waals surface area (Å²) in [6, 6.07) is 6.83. The average molecular weight is 278 g/mol. The lowest BCUT2D eigenvalue weighted by molar-refractivity contribution is 0.0679. The molecule has 20 heavy (non-hydrogen) atoms. The molecule has 0 saturated carbocycles. The fourth-order valence-electron chi connectivity index (χ4n) is 2.48. The summed E-state index contributed by atoms with van der Waals surface area (Å²) >= 11 is 0. The highest BCUT2D eigenvalue weighted by atomic mass is 16.5. The average Bonchev–Trinajstić information content (AvgIpc) is 2.95. The van der Waals surface area contributed by atoms with Crippen molar-refractivity contribution in [3.8, 4) is 5.75 Å². The van der Waals surface area contributed by atoms with Crippen molar-refractivity contribution in [1.82, 2.24) is 10.2 Å². The molecule has 5 nitrogen and oxygen atoms in total. The molecule has 0 spiro atoms. The van der Waals surface area contributed by atoms with Crippen molar-refractivity contribution in [3.05, 3.63) is 29.8 Å². The van der Waals surface area contributed by atoms with Gasteiger partial charge in [0, 0.05) is 31.8 Å². The molecule has 1 heterocycles. The molecule has 1 aromatic carbocycles. The molecule has 1 amide bonds. The molecule has 1 aliphatic rings. The molecule has 0 bridgehead atoms. The molecule has 0 aliphatic carbocycles. The van der Waals surface area contributed by atoms with E-state index in [1.54, 1.807) is 30.2 Å². The second kappa shape index (κ2) is 7.26. The molecule has 1 atom stereocenters. The minimum absolute atomic E-state index is 0.0633. The lowest BCUT2D eigenvalue weighted by atomic mass is 10.1. The number of nitrogens with one attached hydrogen (secondary N) is 1. The number of hydrogen-bond donors (Lipinski definition) is 2. The third-order valence-electron chi connectivity index (χ3n) is 3.55. The van der Waals surface area contributed by atoms with Gasteiger partial charge in [-0.3, -0.25) is 4.79 Å². The Balaban J connectivity index is 2.05. The molecule has 0 radical (unpaired) electrons. The second-order valence-corrected chi connectivity index (χ2v) is 5.09. The van der Waals surface area contributed by atoms with Crippen LogP contribution in [0.15, 0.2) is 24.3 Å². The third-order valence-corrected chi connectivity index (χ3v) is 3.55. The van der Waals surface area contributed by atoms with E-state index in [1.165, 1.54) is 6.07 Å². The summed E-state index contributed by atoms with van der Waals surface area (Å²) in [5.74, 6) is 0.0492. The maximum absolute atomic E-state index is 12.5. The van der Waals surface area contributed by atoms with E-state index in [9.17, 15) is 9.90 Å². The van der Waals surface area contributed by atoms with Crippen LogP contribution in [0.4, 0.5) is 0 Å². The van der Waals surface area contributed by atoms with Crippen LogP contribution in [0, 0.1) is 0 Å². The second-order valence-electron chi connectivity index (χ2n) is 5.09. The Morgan fingerprint density at radius 1 is 1.55 bits per heavy atom. The molecule has 2 rings (SSSR count). The first-order valence-electron chi connectivity index (χ1n) is 7.01. The molecule has 1 saturated heterocycles. The zero-order valence-electron chi connectivity index (χ0n) is 11.8. The van der Waals surface area contributed by atoms with Crippen LogP contribution >= 0.6 is 0 Å². The van der Waals surface area contributed by atoms with Crippen LogP contribution in [0.2, 0.25) is 0 Å². The third kappa shape index (κ3) is 3.95. The van der Waals surface area contributed by atoms with Gasteiger partial charge >= 0.3 is 0 Å². The fourth-order valence-corrected chi connectivity index (χ4v) is 2.48. The highest BCUT2D eigenvalue weighted by molar-refractivity contribution is 5.94. The van der Waals surface area contributed by atoms with E-state index in [4.69, 9.17) is 4.74 Å². The van der Waals surface area contributed by atoms with Crippen molar-refractivity contribution in [3.63, 3.8) is 0 Å². The Morgan fingerprint density at radius 3 is 3.05 bits per heavy atom. The molecule has 1 unspecified atom stereocenters. The van der Waals surface area contributed by atoms with Gasteiger partial charge in [-0.25, -0.2) is 0 Å². The van der Waals surface area contributed by atoms with Crippen LogP contribution < -0.4 is 5.32 Å². The lowest BCUT2D eigenvalue weighted by Gasteiger charge is -2.25. The van der Waals surface area contributed by atoms with Crippen molar-refractivity contribution in [2.45, 2.75) is 18.9 Å². The highest BCUT2D eigenvalue weighted by Gasteiger charge is 2.22. The van der Waals surface area contributed by atoms with Gasteiger partial charge in [-0.15, -0.1) is 0 Å². The Hall–Kier alpha value is -1.59. The summed E-state index contributed by atoms with van der Waals surface area (Å²) in [6.07, 6.45) is 2.25. The standard InChI is InChI=1S/C15H22N2O3/c1-20-9-8-17(11-13-5-3-7-16-13)15(19)12-4-2-6-14(18)10-12/h2,4,6,10,13,16,18H,3,5,7-9,11H2,1H3. The maximum Gasteiger partial charge on any atom is 0.254 e. The van der Waals surface area contributed by atoms with Gasteiger partial charge in [-0.1, -0.05) is 6.07 Å². The number of carbonyl (C=O) groups is 1. The topological polar surface area (TPSA) is 61.8 Å². The first-order valence-corrected chi connectivity index (χ1v) is 7.01. The maximum atomic E-state index is 12.5. The number of methoxy groups -OCH3 is 1. The van der Waals surface area contributed by atoms with Gasteiger partial charge in [-0.2, -0.15) is 0 Å². The highest BCUT2D eigenvalue weighted by Crippen LogP contribution is 2.15. The van der Waals surface area contributed by atoms with Gasteiger partial charge < -0.3 is 20.1 Å². The normalized spacial score (nSPS) is 18.1. The number of ether oxygens (including phenoxy) is 1. The van der Waals surface area contributed by atoms with Gasteiger partial charge in [0.1, 0.15) is 5.75 Å². The predicted octanol–water partition coefficient (Wildman–Crippen LogP) is 1.23. The number of aromatic hydroxyl groups is 1. The Labute approximate surface area is 119 Å². The fraction of sp³-hybridized carbons (Fsp3) is 0.533. The minimum atomic E-state index is -0.0633. The Morgan fingerprint density at radius 2 is 2.40 bits per heavy atom. The van der Waals surface area contributed by atoms with Crippen molar-refractivity contribution in [2.75, 3.05) is 33.4 Å². The number of phenols is 1. The smallest absolute Gasteiger partial charge is 0.254 e. The number of hydrogen-bond acceptors (Lipinski definition) is 4. The van der Waals surface area contributed by atoms with E-state index in [1.807, 2.05) is 0 Å². The summed E-state index contributed by atoms with van der Waals surface area (Å²) in [4.78, 5) is 14.3. The summed E-state index contributed by atoms with van der Waals surface area (Å²) in [6.45, 7) is 2.77. The Bertz CT molecular complexity index is 444.